The van der Waals surface area contributed by atoms with Crippen LogP contribution in [0.15, 0.2) is 59.1 Å². The topological polar surface area (TPSA) is 90.7 Å². The fourth-order valence-corrected chi connectivity index (χ4v) is 5.03. The van der Waals surface area contributed by atoms with Crippen molar-refractivity contribution in [2.75, 3.05) is 41.7 Å². The van der Waals surface area contributed by atoms with E-state index in [1.807, 2.05) is 36.4 Å². The van der Waals surface area contributed by atoms with Crippen molar-refractivity contribution in [3.8, 4) is 0 Å². The molecule has 1 aromatic heterocycles. The molecule has 9 heteroatoms. The zero-order valence-electron chi connectivity index (χ0n) is 19.5. The third-order valence-electron chi connectivity index (χ3n) is 6.48. The van der Waals surface area contributed by atoms with Crippen molar-refractivity contribution < 1.29 is 14.1 Å². The van der Waals surface area contributed by atoms with Gasteiger partial charge in [0.05, 0.1) is 22.4 Å². The summed E-state index contributed by atoms with van der Waals surface area (Å²) < 4.78 is 5.09. The van der Waals surface area contributed by atoms with Crippen molar-refractivity contribution in [2.24, 2.45) is 0 Å². The summed E-state index contributed by atoms with van der Waals surface area (Å²) in [5.74, 6) is 0.0992. The number of anilines is 3. The normalized spacial score (nSPS) is 18.1. The van der Waals surface area contributed by atoms with E-state index in [1.165, 1.54) is 0 Å². The van der Waals surface area contributed by atoms with Crippen LogP contribution in [0.25, 0.3) is 0 Å². The number of benzene rings is 2. The van der Waals surface area contributed by atoms with Crippen LogP contribution in [-0.4, -0.2) is 48.0 Å². The van der Waals surface area contributed by atoms with E-state index in [4.69, 9.17) is 16.1 Å². The van der Waals surface area contributed by atoms with Gasteiger partial charge in [-0.3, -0.25) is 14.5 Å². The van der Waals surface area contributed by atoms with E-state index in [9.17, 15) is 9.59 Å². The summed E-state index contributed by atoms with van der Waals surface area (Å²) >= 11 is 6.63. The van der Waals surface area contributed by atoms with Crippen LogP contribution in [0.4, 0.5) is 17.1 Å². The zero-order valence-corrected chi connectivity index (χ0v) is 20.3. The van der Waals surface area contributed by atoms with Crippen LogP contribution in [0.3, 0.4) is 0 Å². The minimum Gasteiger partial charge on any atom is -0.368 e. The van der Waals surface area contributed by atoms with E-state index in [0.29, 0.717) is 27.7 Å². The maximum absolute atomic E-state index is 12.6. The number of aromatic nitrogens is 1. The van der Waals surface area contributed by atoms with Gasteiger partial charge in [0, 0.05) is 43.6 Å². The predicted molar refractivity (Wildman–Crippen MR) is 136 cm³/mol. The Morgan fingerprint density at radius 3 is 2.63 bits per heavy atom. The van der Waals surface area contributed by atoms with Crippen LogP contribution in [-0.2, 0) is 4.79 Å². The van der Waals surface area contributed by atoms with Crippen molar-refractivity contribution in [3.05, 3.63) is 82.2 Å². The average Bonchev–Trinajstić information content (AvgIpc) is 3.08. The Balaban J connectivity index is 1.26. The molecule has 0 spiro atoms. The molecule has 1 atom stereocenters. The SMILES string of the molecule is Cc1noc(C)c1C(=O)Nc1ccc(N2CCN(C3C=CC(=O)Nc4ccccc43)CC2)c(Cl)c1. The first kappa shape index (κ1) is 23.1. The van der Waals surface area contributed by atoms with Crippen molar-refractivity contribution >= 4 is 40.5 Å². The second-order valence-electron chi connectivity index (χ2n) is 8.72. The molecule has 2 N–H and O–H groups in total. The smallest absolute Gasteiger partial charge is 0.261 e. The Kier molecular flexibility index (Phi) is 6.32. The van der Waals surface area contributed by atoms with Gasteiger partial charge in [-0.15, -0.1) is 0 Å². The van der Waals surface area contributed by atoms with Gasteiger partial charge in [-0.2, -0.15) is 0 Å². The molecule has 1 saturated heterocycles. The maximum Gasteiger partial charge on any atom is 0.261 e. The molecule has 3 heterocycles. The number of halogens is 1. The number of carbonyl (C=O) groups is 2. The number of nitrogens with zero attached hydrogens (tertiary/aromatic N) is 3. The van der Waals surface area contributed by atoms with Crippen LogP contribution in [0.5, 0.6) is 0 Å². The van der Waals surface area contributed by atoms with E-state index < -0.39 is 0 Å². The Bertz CT molecular complexity index is 1290. The van der Waals surface area contributed by atoms with Gasteiger partial charge < -0.3 is 20.1 Å². The summed E-state index contributed by atoms with van der Waals surface area (Å²) in [7, 11) is 0. The summed E-state index contributed by atoms with van der Waals surface area (Å²) in [5.41, 5.74) is 4.47. The van der Waals surface area contributed by atoms with Gasteiger partial charge in [-0.05, 0) is 43.7 Å². The highest BCUT2D eigenvalue weighted by atomic mass is 35.5. The lowest BCUT2D eigenvalue weighted by Crippen LogP contribution is -2.47. The zero-order chi connectivity index (χ0) is 24.5. The largest absolute Gasteiger partial charge is 0.368 e. The van der Waals surface area contributed by atoms with Gasteiger partial charge >= 0.3 is 0 Å². The number of amides is 2. The molecule has 0 saturated carbocycles. The Hall–Kier alpha value is -3.62. The fraction of sp³-hybridized carbons (Fsp3) is 0.269. The number of aryl methyl sites for hydroxylation is 2. The number of nitrogens with one attached hydrogen (secondary N) is 2. The first-order valence-electron chi connectivity index (χ1n) is 11.5. The second kappa shape index (κ2) is 9.56. The van der Waals surface area contributed by atoms with Crippen LogP contribution in [0.1, 0.15) is 33.4 Å². The lowest BCUT2D eigenvalue weighted by atomic mass is 10.0. The number of fused-ring (bicyclic) bond motifs is 1. The summed E-state index contributed by atoms with van der Waals surface area (Å²) in [4.78, 5) is 29.3. The predicted octanol–water partition coefficient (Wildman–Crippen LogP) is 4.57. The minimum atomic E-state index is -0.275. The molecule has 0 radical (unpaired) electrons. The van der Waals surface area contributed by atoms with Crippen molar-refractivity contribution in [3.63, 3.8) is 0 Å². The molecule has 3 aromatic rings. The van der Waals surface area contributed by atoms with Gasteiger partial charge in [-0.1, -0.05) is 41.0 Å². The number of hydrogen-bond donors (Lipinski definition) is 2. The highest BCUT2D eigenvalue weighted by molar-refractivity contribution is 6.33. The standard InChI is InChI=1S/C26H26ClN5O3/c1-16-25(17(2)35-30-16)26(34)28-18-7-8-23(20(27)15-18)32-13-11-31(12-14-32)22-9-10-24(33)29-21-6-4-3-5-19(21)22/h3-10,15,22H,11-14H2,1-2H3,(H,28,34)(H,29,33). The fourth-order valence-electron chi connectivity index (χ4n) is 4.73. The molecule has 8 nitrogen and oxygen atoms in total. The van der Waals surface area contributed by atoms with E-state index in [1.54, 1.807) is 26.0 Å². The van der Waals surface area contributed by atoms with Crippen LogP contribution in [0, 0.1) is 13.8 Å². The molecular weight excluding hydrogens is 466 g/mol. The second-order valence-corrected chi connectivity index (χ2v) is 9.13. The van der Waals surface area contributed by atoms with Gasteiger partial charge in [0.2, 0.25) is 5.91 Å². The number of rotatable bonds is 4. The summed E-state index contributed by atoms with van der Waals surface area (Å²) in [6.45, 7) is 6.66. The molecule has 0 bridgehead atoms. The lowest BCUT2D eigenvalue weighted by molar-refractivity contribution is -0.111. The highest BCUT2D eigenvalue weighted by Crippen LogP contribution is 2.34. The molecule has 180 valence electrons. The molecule has 35 heavy (non-hydrogen) atoms. The van der Waals surface area contributed by atoms with Crippen LogP contribution < -0.4 is 15.5 Å². The average molecular weight is 492 g/mol. The molecule has 2 aromatic carbocycles. The van der Waals surface area contributed by atoms with Crippen LogP contribution in [0.2, 0.25) is 5.02 Å². The van der Waals surface area contributed by atoms with Gasteiger partial charge in [0.25, 0.3) is 5.91 Å². The molecule has 0 aliphatic carbocycles. The van der Waals surface area contributed by atoms with E-state index >= 15 is 0 Å². The van der Waals surface area contributed by atoms with E-state index in [0.717, 1.165) is 43.1 Å². The molecular formula is C26H26ClN5O3. The molecule has 2 aliphatic rings. The summed E-state index contributed by atoms with van der Waals surface area (Å²) in [6, 6.07) is 13.5. The van der Waals surface area contributed by atoms with Gasteiger partial charge in [0.15, 0.2) is 0 Å². The van der Waals surface area contributed by atoms with Crippen molar-refractivity contribution in [2.45, 2.75) is 19.9 Å². The first-order chi connectivity index (χ1) is 16.9. The number of carbonyl (C=O) groups excluding carboxylic acids is 2. The summed E-state index contributed by atoms with van der Waals surface area (Å²) in [5, 5.41) is 10.2. The number of hydrogen-bond acceptors (Lipinski definition) is 6. The molecule has 1 unspecified atom stereocenters. The Morgan fingerprint density at radius 2 is 1.91 bits per heavy atom. The minimum absolute atomic E-state index is 0.0321. The molecule has 2 aliphatic heterocycles. The number of piperazine rings is 1. The molecule has 1 fully saturated rings. The Labute approximate surface area is 208 Å². The third kappa shape index (κ3) is 4.67. The van der Waals surface area contributed by atoms with E-state index in [2.05, 4.69) is 31.7 Å². The lowest BCUT2D eigenvalue weighted by Gasteiger charge is -2.40. The monoisotopic (exact) mass is 491 g/mol. The third-order valence-corrected chi connectivity index (χ3v) is 6.78. The molecule has 2 amide bonds. The summed E-state index contributed by atoms with van der Waals surface area (Å²) in [6.07, 6.45) is 3.59. The highest BCUT2D eigenvalue weighted by Gasteiger charge is 2.27. The van der Waals surface area contributed by atoms with Crippen molar-refractivity contribution in [1.29, 1.82) is 0 Å². The molecule has 5 rings (SSSR count). The quantitative estimate of drug-likeness (QED) is 0.555. The maximum atomic E-state index is 12.6. The van der Waals surface area contributed by atoms with Crippen LogP contribution >= 0.6 is 11.6 Å². The Morgan fingerprint density at radius 1 is 1.14 bits per heavy atom. The van der Waals surface area contributed by atoms with Crippen molar-refractivity contribution in [1.82, 2.24) is 10.1 Å². The number of para-hydroxylation sites is 1. The van der Waals surface area contributed by atoms with E-state index in [-0.39, 0.29) is 17.9 Å². The van der Waals surface area contributed by atoms with Gasteiger partial charge in [0.1, 0.15) is 11.3 Å². The first-order valence-corrected chi connectivity index (χ1v) is 11.9. The van der Waals surface area contributed by atoms with Gasteiger partial charge in [-0.25, -0.2) is 0 Å².